The van der Waals surface area contributed by atoms with Gasteiger partial charge in [0.1, 0.15) is 0 Å². The molecule has 1 aromatic carbocycles. The highest BCUT2D eigenvalue weighted by Gasteiger charge is 2.21. The highest BCUT2D eigenvalue weighted by atomic mass is 16.5. The Morgan fingerprint density at radius 3 is 2.82 bits per heavy atom. The minimum absolute atomic E-state index is 0.130. The number of fused-ring (bicyclic) bond motifs is 1. The van der Waals surface area contributed by atoms with Crippen molar-refractivity contribution >= 4 is 5.91 Å². The van der Waals surface area contributed by atoms with Crippen LogP contribution in [0.2, 0.25) is 0 Å². The third kappa shape index (κ3) is 2.86. The van der Waals surface area contributed by atoms with E-state index in [-0.39, 0.29) is 12.0 Å². The van der Waals surface area contributed by atoms with Crippen LogP contribution in [0.15, 0.2) is 24.3 Å². The molecule has 1 atom stereocenters. The number of hydrogen-bond donors (Lipinski definition) is 0. The van der Waals surface area contributed by atoms with Crippen molar-refractivity contribution in [3.63, 3.8) is 0 Å². The molecule has 0 aliphatic carbocycles. The molecule has 0 fully saturated rings. The van der Waals surface area contributed by atoms with Crippen LogP contribution >= 0.6 is 0 Å². The van der Waals surface area contributed by atoms with Crippen molar-refractivity contribution in [3.05, 3.63) is 35.4 Å². The first-order valence-electron chi connectivity index (χ1n) is 6.13. The summed E-state index contributed by atoms with van der Waals surface area (Å²) in [5.41, 5.74) is 2.62. The highest BCUT2D eigenvalue weighted by molar-refractivity contribution is 5.75. The lowest BCUT2D eigenvalue weighted by atomic mass is 9.99. The molecule has 0 N–H and O–H groups in total. The van der Waals surface area contributed by atoms with E-state index in [2.05, 4.69) is 18.2 Å². The van der Waals surface area contributed by atoms with Crippen LogP contribution in [0.3, 0.4) is 0 Å². The van der Waals surface area contributed by atoms with Crippen LogP contribution in [0.25, 0.3) is 0 Å². The molecule has 3 heteroatoms. The van der Waals surface area contributed by atoms with Crippen LogP contribution in [0, 0.1) is 0 Å². The average molecular weight is 233 g/mol. The van der Waals surface area contributed by atoms with Gasteiger partial charge in [0.05, 0.1) is 12.7 Å². The molecule has 0 bridgehead atoms. The number of carbonyl (C=O) groups is 1. The molecule has 1 unspecified atom stereocenters. The fourth-order valence-corrected chi connectivity index (χ4v) is 2.20. The maximum absolute atomic E-state index is 11.5. The zero-order chi connectivity index (χ0) is 12.3. The molecule has 17 heavy (non-hydrogen) atoms. The van der Waals surface area contributed by atoms with Gasteiger partial charge in [0.15, 0.2) is 0 Å². The molecule has 0 radical (unpaired) electrons. The van der Waals surface area contributed by atoms with Crippen LogP contribution in [0.1, 0.15) is 24.5 Å². The summed E-state index contributed by atoms with van der Waals surface area (Å²) in [7, 11) is 1.84. The number of carbonyl (C=O) groups excluding carboxylic acids is 1. The summed E-state index contributed by atoms with van der Waals surface area (Å²) in [6, 6.07) is 8.34. The van der Waals surface area contributed by atoms with E-state index in [9.17, 15) is 4.79 Å². The molecular formula is C14H19NO2. The molecular weight excluding hydrogens is 214 g/mol. The number of nitrogens with zero attached hydrogens (tertiary/aromatic N) is 1. The van der Waals surface area contributed by atoms with E-state index in [0.717, 1.165) is 6.42 Å². The minimum Gasteiger partial charge on any atom is -0.371 e. The number of hydrogen-bond acceptors (Lipinski definition) is 2. The summed E-state index contributed by atoms with van der Waals surface area (Å²) in [5.74, 6) is 0.174. The van der Waals surface area contributed by atoms with Gasteiger partial charge in [-0.2, -0.15) is 0 Å². The smallest absolute Gasteiger partial charge is 0.222 e. The second-order valence-electron chi connectivity index (χ2n) is 4.53. The van der Waals surface area contributed by atoms with Crippen LogP contribution in [0.5, 0.6) is 0 Å². The molecule has 92 valence electrons. The van der Waals surface area contributed by atoms with Crippen molar-refractivity contribution in [1.82, 2.24) is 4.90 Å². The lowest BCUT2D eigenvalue weighted by molar-refractivity contribution is -0.131. The maximum atomic E-state index is 11.5. The monoisotopic (exact) mass is 233 g/mol. The van der Waals surface area contributed by atoms with Crippen molar-refractivity contribution in [2.24, 2.45) is 0 Å². The molecule has 0 aromatic heterocycles. The van der Waals surface area contributed by atoms with E-state index >= 15 is 0 Å². The van der Waals surface area contributed by atoms with Gasteiger partial charge in [-0.05, 0) is 11.1 Å². The van der Waals surface area contributed by atoms with E-state index < -0.39 is 0 Å². The maximum Gasteiger partial charge on any atom is 0.222 e. The number of amides is 1. The molecule has 0 saturated carbocycles. The Hall–Kier alpha value is -1.35. The van der Waals surface area contributed by atoms with Gasteiger partial charge in [0.2, 0.25) is 5.91 Å². The first-order valence-corrected chi connectivity index (χ1v) is 6.13. The molecule has 2 rings (SSSR count). The van der Waals surface area contributed by atoms with Gasteiger partial charge in [0, 0.05) is 26.4 Å². The van der Waals surface area contributed by atoms with Gasteiger partial charge in [-0.15, -0.1) is 0 Å². The topological polar surface area (TPSA) is 29.5 Å². The van der Waals surface area contributed by atoms with Gasteiger partial charge < -0.3 is 9.64 Å². The van der Waals surface area contributed by atoms with E-state index in [4.69, 9.17) is 4.74 Å². The second-order valence-corrected chi connectivity index (χ2v) is 4.53. The molecule has 1 aliphatic heterocycles. The first-order chi connectivity index (χ1) is 8.20. The van der Waals surface area contributed by atoms with Crippen LogP contribution in [0.4, 0.5) is 0 Å². The van der Waals surface area contributed by atoms with Crippen molar-refractivity contribution < 1.29 is 9.53 Å². The SMILES string of the molecule is CCC(=O)N(C)CC1Cc2ccccc2CO1. The third-order valence-corrected chi connectivity index (χ3v) is 3.25. The van der Waals surface area contributed by atoms with E-state index in [1.807, 2.05) is 20.0 Å². The summed E-state index contributed by atoms with van der Waals surface area (Å²) >= 11 is 0. The quantitative estimate of drug-likeness (QED) is 0.799. The normalized spacial score (nSPS) is 18.6. The van der Waals surface area contributed by atoms with Crippen molar-refractivity contribution in [3.8, 4) is 0 Å². The largest absolute Gasteiger partial charge is 0.371 e. The van der Waals surface area contributed by atoms with Gasteiger partial charge >= 0.3 is 0 Å². The molecule has 0 spiro atoms. The summed E-state index contributed by atoms with van der Waals surface area (Å²) in [6.07, 6.45) is 1.59. The summed E-state index contributed by atoms with van der Waals surface area (Å²) < 4.78 is 5.78. The van der Waals surface area contributed by atoms with Crippen LogP contribution < -0.4 is 0 Å². The van der Waals surface area contributed by atoms with Gasteiger partial charge in [-0.3, -0.25) is 4.79 Å². The molecule has 1 aliphatic rings. The summed E-state index contributed by atoms with van der Waals surface area (Å²) in [5, 5.41) is 0. The highest BCUT2D eigenvalue weighted by Crippen LogP contribution is 2.20. The predicted octanol–water partition coefficient (Wildman–Crippen LogP) is 2.00. The Morgan fingerprint density at radius 1 is 1.41 bits per heavy atom. The lowest BCUT2D eigenvalue weighted by Crippen LogP contribution is -2.37. The summed E-state index contributed by atoms with van der Waals surface area (Å²) in [4.78, 5) is 13.3. The summed E-state index contributed by atoms with van der Waals surface area (Å²) in [6.45, 7) is 3.23. The predicted molar refractivity (Wildman–Crippen MR) is 66.7 cm³/mol. The standard InChI is InChI=1S/C14H19NO2/c1-3-14(16)15(2)9-13-8-11-6-4-5-7-12(11)10-17-13/h4-7,13H,3,8-10H2,1-2H3. The molecule has 1 aromatic rings. The zero-order valence-corrected chi connectivity index (χ0v) is 10.5. The molecule has 1 heterocycles. The van der Waals surface area contributed by atoms with E-state index in [1.165, 1.54) is 11.1 Å². The van der Waals surface area contributed by atoms with E-state index in [0.29, 0.717) is 19.6 Å². The van der Waals surface area contributed by atoms with Crippen LogP contribution in [-0.4, -0.2) is 30.5 Å². The third-order valence-electron chi connectivity index (χ3n) is 3.25. The van der Waals surface area contributed by atoms with Gasteiger partial charge in [-0.25, -0.2) is 0 Å². The van der Waals surface area contributed by atoms with Gasteiger partial charge in [0.25, 0.3) is 0 Å². The van der Waals surface area contributed by atoms with Crippen LogP contribution in [-0.2, 0) is 22.6 Å². The van der Waals surface area contributed by atoms with Gasteiger partial charge in [-0.1, -0.05) is 31.2 Å². The zero-order valence-electron chi connectivity index (χ0n) is 10.5. The molecule has 0 saturated heterocycles. The fourth-order valence-electron chi connectivity index (χ4n) is 2.20. The Bertz CT molecular complexity index is 403. The fraction of sp³-hybridized carbons (Fsp3) is 0.500. The molecule has 3 nitrogen and oxygen atoms in total. The second kappa shape index (κ2) is 5.32. The number of likely N-dealkylation sites (N-methyl/N-ethyl adjacent to an activating group) is 1. The first kappa shape index (κ1) is 12.1. The van der Waals surface area contributed by atoms with Crippen molar-refractivity contribution in [1.29, 1.82) is 0 Å². The Kier molecular flexibility index (Phi) is 3.79. The number of ether oxygens (including phenoxy) is 1. The van der Waals surface area contributed by atoms with Crippen molar-refractivity contribution in [2.75, 3.05) is 13.6 Å². The Balaban J connectivity index is 1.96. The van der Waals surface area contributed by atoms with Crippen molar-refractivity contribution in [2.45, 2.75) is 32.5 Å². The average Bonchev–Trinajstić information content (AvgIpc) is 2.37. The van der Waals surface area contributed by atoms with E-state index in [1.54, 1.807) is 4.90 Å². The Labute approximate surface area is 102 Å². The number of rotatable bonds is 3. The Morgan fingerprint density at radius 2 is 2.12 bits per heavy atom. The molecule has 1 amide bonds. The number of benzene rings is 1. The minimum atomic E-state index is 0.130. The lowest BCUT2D eigenvalue weighted by Gasteiger charge is -2.28.